The van der Waals surface area contributed by atoms with Gasteiger partial charge in [-0.2, -0.15) is 0 Å². The van der Waals surface area contributed by atoms with Crippen LogP contribution in [0.15, 0.2) is 47.1 Å². The molecule has 0 fully saturated rings. The number of nitrogens with zero attached hydrogens (tertiary/aromatic N) is 2. The second-order valence-corrected chi connectivity index (χ2v) is 4.78. The number of hydrogen-bond donors (Lipinski definition) is 1. The summed E-state index contributed by atoms with van der Waals surface area (Å²) in [7, 11) is 0. The lowest BCUT2D eigenvalue weighted by Crippen LogP contribution is -1.91. The Balaban J connectivity index is 2.23. The molecule has 0 aliphatic rings. The van der Waals surface area contributed by atoms with Crippen LogP contribution in [0.25, 0.3) is 22.4 Å². The number of benzene rings is 1. The fourth-order valence-electron chi connectivity index (χ4n) is 2.30. The normalized spacial score (nSPS) is 10.7. The molecule has 0 atom stereocenters. The van der Waals surface area contributed by atoms with Crippen LogP contribution in [-0.2, 0) is 0 Å². The molecule has 3 aromatic rings. The Bertz CT molecular complexity index is 762. The molecule has 0 amide bonds. The third-order valence-electron chi connectivity index (χ3n) is 3.29. The zero-order chi connectivity index (χ0) is 14.1. The Morgan fingerprint density at radius 1 is 1.10 bits per heavy atom. The maximum absolute atomic E-state index is 5.96. The molecule has 2 aromatic heterocycles. The van der Waals surface area contributed by atoms with Gasteiger partial charge in [0.1, 0.15) is 5.69 Å². The first-order valence-electron chi connectivity index (χ1n) is 6.41. The molecule has 0 spiro atoms. The maximum Gasteiger partial charge on any atom is 0.230 e. The highest BCUT2D eigenvalue weighted by atomic mass is 16.5. The number of nitrogens with two attached hydrogens (primary N) is 1. The van der Waals surface area contributed by atoms with Crippen LogP contribution < -0.4 is 5.73 Å². The summed E-state index contributed by atoms with van der Waals surface area (Å²) in [6.07, 6.45) is 1.76. The lowest BCUT2D eigenvalue weighted by atomic mass is 9.99. The van der Waals surface area contributed by atoms with Gasteiger partial charge in [-0.25, -0.2) is 0 Å². The average molecular weight is 265 g/mol. The molecule has 2 heterocycles. The molecule has 20 heavy (non-hydrogen) atoms. The summed E-state index contributed by atoms with van der Waals surface area (Å²) in [6, 6.07) is 12.0. The van der Waals surface area contributed by atoms with E-state index in [4.69, 9.17) is 10.3 Å². The van der Waals surface area contributed by atoms with Crippen molar-refractivity contribution in [2.24, 2.45) is 0 Å². The number of pyridine rings is 1. The number of anilines is 1. The zero-order valence-corrected chi connectivity index (χ0v) is 11.4. The molecule has 4 nitrogen and oxygen atoms in total. The lowest BCUT2D eigenvalue weighted by molar-refractivity contribution is 0.439. The van der Waals surface area contributed by atoms with Crippen molar-refractivity contribution >= 4 is 5.88 Å². The summed E-state index contributed by atoms with van der Waals surface area (Å²) in [4.78, 5) is 4.29. The van der Waals surface area contributed by atoms with Gasteiger partial charge < -0.3 is 10.3 Å². The van der Waals surface area contributed by atoms with Gasteiger partial charge in [-0.1, -0.05) is 35.0 Å². The van der Waals surface area contributed by atoms with E-state index in [1.165, 1.54) is 0 Å². The molecule has 0 unspecified atom stereocenters. The van der Waals surface area contributed by atoms with Crippen molar-refractivity contribution in [2.75, 3.05) is 5.73 Å². The predicted octanol–water partition coefficient (Wildman–Crippen LogP) is 3.60. The van der Waals surface area contributed by atoms with Gasteiger partial charge in [-0.15, -0.1) is 0 Å². The highest BCUT2D eigenvalue weighted by Crippen LogP contribution is 2.37. The van der Waals surface area contributed by atoms with Crippen LogP contribution in [0.4, 0.5) is 5.88 Å². The van der Waals surface area contributed by atoms with Crippen molar-refractivity contribution in [3.8, 4) is 22.4 Å². The van der Waals surface area contributed by atoms with Gasteiger partial charge in [-0.3, -0.25) is 4.98 Å². The van der Waals surface area contributed by atoms with Gasteiger partial charge in [0, 0.05) is 17.5 Å². The van der Waals surface area contributed by atoms with Crippen molar-refractivity contribution in [3.63, 3.8) is 0 Å². The van der Waals surface area contributed by atoms with E-state index in [1.54, 1.807) is 6.20 Å². The summed E-state index contributed by atoms with van der Waals surface area (Å²) < 4.78 is 5.20. The molecule has 0 bridgehead atoms. The van der Waals surface area contributed by atoms with Crippen LogP contribution in [-0.4, -0.2) is 10.1 Å². The maximum atomic E-state index is 5.96. The topological polar surface area (TPSA) is 64.9 Å². The first-order valence-corrected chi connectivity index (χ1v) is 6.41. The smallest absolute Gasteiger partial charge is 0.230 e. The number of nitrogen functional groups attached to an aromatic ring is 1. The van der Waals surface area contributed by atoms with Gasteiger partial charge in [0.2, 0.25) is 5.88 Å². The fraction of sp³-hybridized carbons (Fsp3) is 0.125. The van der Waals surface area contributed by atoms with Gasteiger partial charge in [0.25, 0.3) is 0 Å². The second kappa shape index (κ2) is 4.81. The van der Waals surface area contributed by atoms with Crippen LogP contribution in [0.2, 0.25) is 0 Å². The second-order valence-electron chi connectivity index (χ2n) is 4.78. The van der Waals surface area contributed by atoms with E-state index in [2.05, 4.69) is 16.2 Å². The standard InChI is InChI=1S/C16H15N3O/c1-10-5-3-6-12(9-10)14-15(19-20-16(14)17)13-7-4-8-18-11(13)2/h3-9H,17H2,1-2H3. The Labute approximate surface area is 117 Å². The van der Waals surface area contributed by atoms with E-state index in [9.17, 15) is 0 Å². The minimum atomic E-state index is 0.328. The largest absolute Gasteiger partial charge is 0.367 e. The molecular weight excluding hydrogens is 250 g/mol. The molecular formula is C16H15N3O. The molecule has 4 heteroatoms. The van der Waals surface area contributed by atoms with Crippen LogP contribution >= 0.6 is 0 Å². The molecule has 100 valence electrons. The Hall–Kier alpha value is -2.62. The van der Waals surface area contributed by atoms with Crippen molar-refractivity contribution in [1.29, 1.82) is 0 Å². The number of aromatic nitrogens is 2. The van der Waals surface area contributed by atoms with Crippen molar-refractivity contribution in [1.82, 2.24) is 10.1 Å². The fourth-order valence-corrected chi connectivity index (χ4v) is 2.30. The lowest BCUT2D eigenvalue weighted by Gasteiger charge is -2.05. The van der Waals surface area contributed by atoms with Crippen molar-refractivity contribution in [2.45, 2.75) is 13.8 Å². The Morgan fingerprint density at radius 3 is 2.70 bits per heavy atom. The van der Waals surface area contributed by atoms with Crippen LogP contribution in [0.5, 0.6) is 0 Å². The molecule has 3 rings (SSSR count). The van der Waals surface area contributed by atoms with E-state index in [0.717, 1.165) is 33.6 Å². The molecule has 1 aromatic carbocycles. The number of rotatable bonds is 2. The minimum Gasteiger partial charge on any atom is -0.367 e. The summed E-state index contributed by atoms with van der Waals surface area (Å²) in [6.45, 7) is 3.99. The molecule has 0 radical (unpaired) electrons. The third kappa shape index (κ3) is 2.05. The highest BCUT2D eigenvalue weighted by molar-refractivity contribution is 5.87. The SMILES string of the molecule is Cc1cccc(-c2c(-c3cccnc3C)noc2N)c1. The minimum absolute atomic E-state index is 0.328. The summed E-state index contributed by atoms with van der Waals surface area (Å²) in [5, 5.41) is 4.11. The summed E-state index contributed by atoms with van der Waals surface area (Å²) in [5.74, 6) is 0.328. The van der Waals surface area contributed by atoms with E-state index in [-0.39, 0.29) is 0 Å². The van der Waals surface area contributed by atoms with E-state index in [0.29, 0.717) is 5.88 Å². The molecule has 0 aliphatic heterocycles. The third-order valence-corrected chi connectivity index (χ3v) is 3.29. The van der Waals surface area contributed by atoms with Gasteiger partial charge in [0.15, 0.2) is 0 Å². The molecule has 2 N–H and O–H groups in total. The summed E-state index contributed by atoms with van der Waals surface area (Å²) in [5.41, 5.74) is 11.5. The zero-order valence-electron chi connectivity index (χ0n) is 11.4. The van der Waals surface area contributed by atoms with Gasteiger partial charge in [0.05, 0.1) is 5.56 Å². The van der Waals surface area contributed by atoms with Crippen LogP contribution in [0.3, 0.4) is 0 Å². The highest BCUT2D eigenvalue weighted by Gasteiger charge is 2.18. The predicted molar refractivity (Wildman–Crippen MR) is 79.1 cm³/mol. The summed E-state index contributed by atoms with van der Waals surface area (Å²) >= 11 is 0. The first-order chi connectivity index (χ1) is 9.66. The molecule has 0 saturated carbocycles. The van der Waals surface area contributed by atoms with Gasteiger partial charge in [-0.05, 0) is 31.5 Å². The van der Waals surface area contributed by atoms with Crippen molar-refractivity contribution < 1.29 is 4.52 Å². The Kier molecular flexibility index (Phi) is 2.99. The Morgan fingerprint density at radius 2 is 1.95 bits per heavy atom. The van der Waals surface area contributed by atoms with Crippen LogP contribution in [0, 0.1) is 13.8 Å². The number of aryl methyl sites for hydroxylation is 2. The average Bonchev–Trinajstić information content (AvgIpc) is 2.81. The quantitative estimate of drug-likeness (QED) is 0.768. The van der Waals surface area contributed by atoms with Crippen LogP contribution in [0.1, 0.15) is 11.3 Å². The monoisotopic (exact) mass is 265 g/mol. The molecule has 0 saturated heterocycles. The van der Waals surface area contributed by atoms with Crippen molar-refractivity contribution in [3.05, 3.63) is 53.9 Å². The van der Waals surface area contributed by atoms with E-state index in [1.807, 2.05) is 44.2 Å². The molecule has 0 aliphatic carbocycles. The van der Waals surface area contributed by atoms with Gasteiger partial charge >= 0.3 is 0 Å². The first kappa shape index (κ1) is 12.4. The number of hydrogen-bond acceptors (Lipinski definition) is 4. The van der Waals surface area contributed by atoms with E-state index >= 15 is 0 Å². The van der Waals surface area contributed by atoms with E-state index < -0.39 is 0 Å².